The Balaban J connectivity index is 0.00000289. The van der Waals surface area contributed by atoms with Crippen molar-refractivity contribution in [3.8, 4) is 0 Å². The Morgan fingerprint density at radius 1 is 1.56 bits per heavy atom. The minimum Gasteiger partial charge on any atom is -0.349 e. The molecule has 1 aromatic heterocycles. The average Bonchev–Trinajstić information content (AvgIpc) is 2.35. The maximum atomic E-state index is 11.7. The van der Waals surface area contributed by atoms with Crippen molar-refractivity contribution < 1.29 is 4.79 Å². The van der Waals surface area contributed by atoms with Crippen LogP contribution in [0, 0.1) is 5.92 Å². The lowest BCUT2D eigenvalue weighted by atomic mass is 9.99. The summed E-state index contributed by atoms with van der Waals surface area (Å²) in [6, 6.07) is 3.05. The summed E-state index contributed by atoms with van der Waals surface area (Å²) in [6.07, 6.45) is 2.44. The number of nitrogens with zero attached hydrogens (tertiary/aromatic N) is 1. The van der Waals surface area contributed by atoms with Crippen molar-refractivity contribution in [1.82, 2.24) is 10.3 Å². The fraction of sp³-hybridized carbons (Fsp3) is 0.500. The molecule has 2 unspecified atom stereocenters. The SMILES string of the molecule is CCC(C)C(N)C(=O)NCc1ccc(Cl)cn1.Cl. The van der Waals surface area contributed by atoms with Gasteiger partial charge in [-0.2, -0.15) is 0 Å². The molecule has 0 saturated heterocycles. The molecule has 1 amide bonds. The Hall–Kier alpha value is -0.840. The molecule has 2 atom stereocenters. The van der Waals surface area contributed by atoms with E-state index in [1.54, 1.807) is 18.3 Å². The van der Waals surface area contributed by atoms with Gasteiger partial charge in [-0.05, 0) is 18.1 Å². The number of hydrogen-bond acceptors (Lipinski definition) is 3. The van der Waals surface area contributed by atoms with Gasteiger partial charge in [0.25, 0.3) is 0 Å². The fourth-order valence-electron chi connectivity index (χ4n) is 1.32. The summed E-state index contributed by atoms with van der Waals surface area (Å²) in [7, 11) is 0. The number of rotatable bonds is 5. The first kappa shape index (κ1) is 17.2. The molecule has 1 rings (SSSR count). The maximum Gasteiger partial charge on any atom is 0.237 e. The second-order valence-electron chi connectivity index (χ2n) is 4.10. The number of hydrogen-bond donors (Lipinski definition) is 2. The third-order valence-corrected chi connectivity index (χ3v) is 3.02. The summed E-state index contributed by atoms with van der Waals surface area (Å²) in [5.41, 5.74) is 6.57. The first-order valence-electron chi connectivity index (χ1n) is 5.68. The smallest absolute Gasteiger partial charge is 0.237 e. The lowest BCUT2D eigenvalue weighted by molar-refractivity contribution is -0.123. The first-order chi connectivity index (χ1) is 8.04. The van der Waals surface area contributed by atoms with E-state index in [1.165, 1.54) is 0 Å². The van der Waals surface area contributed by atoms with Gasteiger partial charge in [-0.15, -0.1) is 12.4 Å². The van der Waals surface area contributed by atoms with Crippen molar-refractivity contribution in [2.45, 2.75) is 32.9 Å². The van der Waals surface area contributed by atoms with E-state index in [0.717, 1.165) is 12.1 Å². The van der Waals surface area contributed by atoms with Crippen molar-refractivity contribution in [3.63, 3.8) is 0 Å². The van der Waals surface area contributed by atoms with Gasteiger partial charge in [-0.3, -0.25) is 9.78 Å². The predicted octanol–water partition coefficient (Wildman–Crippen LogP) is 2.15. The summed E-state index contributed by atoms with van der Waals surface area (Å²) < 4.78 is 0. The molecule has 1 aromatic rings. The normalized spacial score (nSPS) is 13.3. The summed E-state index contributed by atoms with van der Waals surface area (Å²) >= 11 is 5.72. The summed E-state index contributed by atoms with van der Waals surface area (Å²) in [4.78, 5) is 15.8. The third kappa shape index (κ3) is 5.21. The zero-order valence-corrected chi connectivity index (χ0v) is 12.1. The number of nitrogens with two attached hydrogens (primary N) is 1. The standard InChI is InChI=1S/C12H18ClN3O.ClH/c1-3-8(2)11(14)12(17)16-7-10-5-4-9(13)6-15-10;/h4-6,8,11H,3,7,14H2,1-2H3,(H,16,17);1H. The highest BCUT2D eigenvalue weighted by molar-refractivity contribution is 6.30. The van der Waals surface area contributed by atoms with Crippen LogP contribution in [0.4, 0.5) is 0 Å². The van der Waals surface area contributed by atoms with Gasteiger partial charge in [-0.1, -0.05) is 31.9 Å². The first-order valence-corrected chi connectivity index (χ1v) is 6.06. The van der Waals surface area contributed by atoms with Crippen LogP contribution in [0.1, 0.15) is 26.0 Å². The number of nitrogens with one attached hydrogen (secondary N) is 1. The van der Waals surface area contributed by atoms with E-state index in [9.17, 15) is 4.79 Å². The van der Waals surface area contributed by atoms with Gasteiger partial charge in [0.1, 0.15) is 0 Å². The van der Waals surface area contributed by atoms with Crippen molar-refractivity contribution in [1.29, 1.82) is 0 Å². The molecule has 0 fully saturated rings. The minimum absolute atomic E-state index is 0. The molecule has 18 heavy (non-hydrogen) atoms. The van der Waals surface area contributed by atoms with Crippen LogP contribution in [0.15, 0.2) is 18.3 Å². The van der Waals surface area contributed by atoms with Crippen LogP contribution >= 0.6 is 24.0 Å². The summed E-state index contributed by atoms with van der Waals surface area (Å²) in [6.45, 7) is 4.35. The number of aromatic nitrogens is 1. The number of carbonyl (C=O) groups excluding carboxylic acids is 1. The molecule has 0 aliphatic heterocycles. The van der Waals surface area contributed by atoms with Crippen LogP contribution in [0.2, 0.25) is 5.02 Å². The number of pyridine rings is 1. The van der Waals surface area contributed by atoms with E-state index < -0.39 is 6.04 Å². The van der Waals surface area contributed by atoms with Gasteiger partial charge in [0.05, 0.1) is 23.3 Å². The van der Waals surface area contributed by atoms with Crippen LogP contribution in [-0.4, -0.2) is 16.9 Å². The largest absolute Gasteiger partial charge is 0.349 e. The zero-order valence-electron chi connectivity index (χ0n) is 10.5. The van der Waals surface area contributed by atoms with Gasteiger partial charge in [-0.25, -0.2) is 0 Å². The van der Waals surface area contributed by atoms with E-state index in [1.807, 2.05) is 13.8 Å². The topological polar surface area (TPSA) is 68.0 Å². The van der Waals surface area contributed by atoms with Crippen molar-refractivity contribution in [2.75, 3.05) is 0 Å². The maximum absolute atomic E-state index is 11.7. The van der Waals surface area contributed by atoms with Crippen LogP contribution in [0.25, 0.3) is 0 Å². The van der Waals surface area contributed by atoms with Crippen molar-refractivity contribution in [3.05, 3.63) is 29.0 Å². The van der Waals surface area contributed by atoms with Crippen LogP contribution in [0.5, 0.6) is 0 Å². The van der Waals surface area contributed by atoms with Crippen LogP contribution < -0.4 is 11.1 Å². The van der Waals surface area contributed by atoms with Gasteiger partial charge in [0, 0.05) is 6.20 Å². The molecule has 0 bridgehead atoms. The van der Waals surface area contributed by atoms with E-state index >= 15 is 0 Å². The second kappa shape index (κ2) is 8.29. The van der Waals surface area contributed by atoms with Crippen molar-refractivity contribution in [2.24, 2.45) is 11.7 Å². The van der Waals surface area contributed by atoms with Crippen molar-refractivity contribution >= 4 is 29.9 Å². The molecule has 0 spiro atoms. The lowest BCUT2D eigenvalue weighted by Crippen LogP contribution is -2.44. The molecule has 0 aromatic carbocycles. The predicted molar refractivity (Wildman–Crippen MR) is 75.8 cm³/mol. The zero-order chi connectivity index (χ0) is 12.8. The molecule has 1 heterocycles. The van der Waals surface area contributed by atoms with Crippen LogP contribution in [-0.2, 0) is 11.3 Å². The monoisotopic (exact) mass is 291 g/mol. The lowest BCUT2D eigenvalue weighted by Gasteiger charge is -2.17. The van der Waals surface area contributed by atoms with E-state index in [4.69, 9.17) is 17.3 Å². The Bertz CT molecular complexity index is 370. The van der Waals surface area contributed by atoms with Gasteiger partial charge in [0.2, 0.25) is 5.91 Å². The molecule has 0 aliphatic rings. The highest BCUT2D eigenvalue weighted by Gasteiger charge is 2.18. The van der Waals surface area contributed by atoms with E-state index in [2.05, 4.69) is 10.3 Å². The molecule has 6 heteroatoms. The number of halogens is 2. The highest BCUT2D eigenvalue weighted by Crippen LogP contribution is 2.07. The minimum atomic E-state index is -0.465. The molecule has 102 valence electrons. The molecule has 3 N–H and O–H groups in total. The van der Waals surface area contributed by atoms with E-state index in [-0.39, 0.29) is 24.2 Å². The highest BCUT2D eigenvalue weighted by atomic mass is 35.5. The average molecular weight is 292 g/mol. The summed E-state index contributed by atoms with van der Waals surface area (Å²) in [5, 5.41) is 3.34. The summed E-state index contributed by atoms with van der Waals surface area (Å²) in [5.74, 6) is 0.0317. The number of carbonyl (C=O) groups is 1. The Kier molecular flexibility index (Phi) is 7.91. The molecule has 0 saturated carbocycles. The molecule has 0 radical (unpaired) electrons. The molecule has 0 aliphatic carbocycles. The Labute approximate surface area is 119 Å². The van der Waals surface area contributed by atoms with Gasteiger partial charge < -0.3 is 11.1 Å². The van der Waals surface area contributed by atoms with E-state index in [0.29, 0.717) is 11.6 Å². The van der Waals surface area contributed by atoms with Gasteiger partial charge >= 0.3 is 0 Å². The van der Waals surface area contributed by atoms with Crippen LogP contribution in [0.3, 0.4) is 0 Å². The third-order valence-electron chi connectivity index (χ3n) is 2.79. The Morgan fingerprint density at radius 3 is 2.72 bits per heavy atom. The van der Waals surface area contributed by atoms with Gasteiger partial charge in [0.15, 0.2) is 0 Å². The molecular formula is C12H19Cl2N3O. The molecular weight excluding hydrogens is 273 g/mol. The second-order valence-corrected chi connectivity index (χ2v) is 4.53. The quantitative estimate of drug-likeness (QED) is 0.873. The Morgan fingerprint density at radius 2 is 2.22 bits per heavy atom. The number of amides is 1. The fourth-order valence-corrected chi connectivity index (χ4v) is 1.43. The molecule has 4 nitrogen and oxygen atoms in total.